The minimum absolute atomic E-state index is 0.382. The summed E-state index contributed by atoms with van der Waals surface area (Å²) in [5.41, 5.74) is 7.67. The van der Waals surface area contributed by atoms with Crippen molar-refractivity contribution in [3.8, 4) is 22.9 Å². The zero-order chi connectivity index (χ0) is 29.2. The number of ether oxygens (including phenoxy) is 3. The van der Waals surface area contributed by atoms with Crippen LogP contribution < -0.4 is 30.2 Å². The topological polar surface area (TPSA) is 146 Å². The number of likely N-dealkylation sites (tertiary alicyclic amines) is 1. The molecule has 1 atom stereocenters. The molecule has 5 heterocycles. The Morgan fingerprint density at radius 2 is 1.79 bits per heavy atom. The van der Waals surface area contributed by atoms with Crippen LogP contribution in [-0.4, -0.2) is 77.3 Å². The first kappa shape index (κ1) is 27.6. The first-order chi connectivity index (χ1) is 20.5. The quantitative estimate of drug-likeness (QED) is 0.285. The maximum atomic E-state index is 12.2. The van der Waals surface area contributed by atoms with E-state index in [0.29, 0.717) is 65.4 Å². The van der Waals surface area contributed by atoms with Crippen LogP contribution in [0.15, 0.2) is 35.1 Å². The molecule has 2 saturated heterocycles. The number of nitrogens with two attached hydrogens (primary N) is 1. The van der Waals surface area contributed by atoms with Gasteiger partial charge in [-0.1, -0.05) is 6.42 Å². The number of imidazole rings is 1. The molecule has 2 aliphatic heterocycles. The normalized spacial score (nSPS) is 17.5. The number of benzene rings is 1. The van der Waals surface area contributed by atoms with Crippen molar-refractivity contribution >= 4 is 34.6 Å². The zero-order valence-corrected chi connectivity index (χ0v) is 24.1. The molecule has 0 saturated carbocycles. The van der Waals surface area contributed by atoms with Crippen molar-refractivity contribution in [3.05, 3.63) is 36.5 Å². The summed E-state index contributed by atoms with van der Waals surface area (Å²) in [6, 6.07) is 5.19. The number of rotatable bonds is 10. The average molecular weight is 577 g/mol. The number of aromatic nitrogens is 4. The number of methoxy groups -OCH3 is 3. The van der Waals surface area contributed by atoms with Crippen molar-refractivity contribution in [2.75, 3.05) is 51.2 Å². The van der Waals surface area contributed by atoms with Crippen LogP contribution >= 0.6 is 0 Å². The van der Waals surface area contributed by atoms with Gasteiger partial charge in [-0.3, -0.25) is 9.69 Å². The van der Waals surface area contributed by atoms with Gasteiger partial charge in [-0.2, -0.15) is 4.98 Å². The van der Waals surface area contributed by atoms with Gasteiger partial charge in [-0.05, 0) is 38.8 Å². The summed E-state index contributed by atoms with van der Waals surface area (Å²) >= 11 is 0. The number of primary amides is 1. The Balaban J connectivity index is 1.35. The lowest BCUT2D eigenvalue weighted by Gasteiger charge is -2.25. The van der Waals surface area contributed by atoms with Crippen LogP contribution in [0.2, 0.25) is 0 Å². The number of nitrogens with zero attached hydrogens (tertiary/aromatic N) is 6. The van der Waals surface area contributed by atoms with Gasteiger partial charge in [0.05, 0.1) is 39.8 Å². The molecule has 6 rings (SSSR count). The monoisotopic (exact) mass is 576 g/mol. The molecule has 0 bridgehead atoms. The number of hydrogen-bond donors (Lipinski definition) is 2. The van der Waals surface area contributed by atoms with Gasteiger partial charge in [-0.15, -0.1) is 0 Å². The number of piperidine rings is 1. The van der Waals surface area contributed by atoms with E-state index in [9.17, 15) is 4.79 Å². The summed E-state index contributed by atoms with van der Waals surface area (Å²) < 4.78 is 24.6. The lowest BCUT2D eigenvalue weighted by atomic mass is 10.1. The van der Waals surface area contributed by atoms with Gasteiger partial charge in [0.1, 0.15) is 29.5 Å². The molecule has 13 nitrogen and oxygen atoms in total. The molecular weight excluding hydrogens is 540 g/mol. The largest absolute Gasteiger partial charge is 0.493 e. The van der Waals surface area contributed by atoms with E-state index >= 15 is 0 Å². The van der Waals surface area contributed by atoms with Crippen molar-refractivity contribution in [1.29, 1.82) is 0 Å². The Hall–Kier alpha value is -4.52. The minimum Gasteiger partial charge on any atom is -0.493 e. The van der Waals surface area contributed by atoms with Crippen LogP contribution in [-0.2, 0) is 11.3 Å². The Labute approximate surface area is 243 Å². The van der Waals surface area contributed by atoms with Crippen molar-refractivity contribution in [1.82, 2.24) is 24.4 Å². The molecule has 0 aliphatic carbocycles. The number of hydrogen-bond acceptors (Lipinski definition) is 11. The van der Waals surface area contributed by atoms with E-state index in [1.54, 1.807) is 27.7 Å². The molecule has 2 fully saturated rings. The fourth-order valence-electron chi connectivity index (χ4n) is 5.76. The summed E-state index contributed by atoms with van der Waals surface area (Å²) in [5, 5.41) is 3.32. The summed E-state index contributed by atoms with van der Waals surface area (Å²) in [4.78, 5) is 30.6. The molecule has 13 heteroatoms. The molecule has 0 radical (unpaired) electrons. The Bertz CT molecular complexity index is 1550. The molecule has 222 valence electrons. The highest BCUT2D eigenvalue weighted by atomic mass is 16.5. The molecule has 1 amide bonds. The van der Waals surface area contributed by atoms with E-state index in [4.69, 9.17) is 34.3 Å². The Kier molecular flexibility index (Phi) is 7.74. The van der Waals surface area contributed by atoms with Gasteiger partial charge in [0.25, 0.3) is 0 Å². The highest BCUT2D eigenvalue weighted by Gasteiger charge is 2.32. The number of anilines is 3. The smallest absolute Gasteiger partial charge is 0.240 e. The van der Waals surface area contributed by atoms with Gasteiger partial charge < -0.3 is 39.1 Å². The maximum Gasteiger partial charge on any atom is 0.240 e. The van der Waals surface area contributed by atoms with Crippen LogP contribution in [0.4, 0.5) is 17.6 Å². The molecule has 3 N–H and O–H groups in total. The second-order valence-electron chi connectivity index (χ2n) is 10.6. The Morgan fingerprint density at radius 3 is 2.48 bits per heavy atom. The summed E-state index contributed by atoms with van der Waals surface area (Å²) in [6.07, 6.45) is 8.65. The first-order valence-corrected chi connectivity index (χ1v) is 14.2. The molecule has 42 heavy (non-hydrogen) atoms. The third kappa shape index (κ3) is 5.39. The Morgan fingerprint density at radius 1 is 1.02 bits per heavy atom. The molecule has 2 aliphatic rings. The van der Waals surface area contributed by atoms with Gasteiger partial charge in [0.2, 0.25) is 17.6 Å². The lowest BCUT2D eigenvalue weighted by molar-refractivity contribution is -0.119. The van der Waals surface area contributed by atoms with Gasteiger partial charge in [-0.25, -0.2) is 9.97 Å². The number of fused-ring (bicyclic) bond motifs is 1. The lowest BCUT2D eigenvalue weighted by Crippen LogP contribution is -2.41. The van der Waals surface area contributed by atoms with E-state index in [2.05, 4.69) is 15.2 Å². The average Bonchev–Trinajstić information content (AvgIpc) is 3.77. The van der Waals surface area contributed by atoms with Gasteiger partial charge >= 0.3 is 0 Å². The van der Waals surface area contributed by atoms with Crippen LogP contribution in [0.5, 0.6) is 17.2 Å². The predicted molar refractivity (Wildman–Crippen MR) is 157 cm³/mol. The van der Waals surface area contributed by atoms with Crippen molar-refractivity contribution in [2.24, 2.45) is 5.73 Å². The molecule has 1 aromatic carbocycles. The second-order valence-corrected chi connectivity index (χ2v) is 10.6. The summed E-state index contributed by atoms with van der Waals surface area (Å²) in [7, 11) is 4.72. The molecule has 0 unspecified atom stereocenters. The molecular formula is C29H36N8O5. The van der Waals surface area contributed by atoms with Crippen LogP contribution in [0, 0.1) is 0 Å². The van der Waals surface area contributed by atoms with Crippen LogP contribution in [0.1, 0.15) is 37.9 Å². The van der Waals surface area contributed by atoms with Crippen molar-refractivity contribution < 1.29 is 23.4 Å². The fourth-order valence-corrected chi connectivity index (χ4v) is 5.76. The number of carbonyl (C=O) groups is 1. The number of amides is 1. The molecule has 3 aromatic heterocycles. The minimum atomic E-state index is -0.450. The first-order valence-electron chi connectivity index (χ1n) is 14.2. The third-order valence-corrected chi connectivity index (χ3v) is 7.85. The molecule has 0 spiro atoms. The van der Waals surface area contributed by atoms with E-state index in [1.807, 2.05) is 33.9 Å². The summed E-state index contributed by atoms with van der Waals surface area (Å²) in [5.74, 6) is 3.44. The zero-order valence-electron chi connectivity index (χ0n) is 24.1. The van der Waals surface area contributed by atoms with Gasteiger partial charge in [0, 0.05) is 24.7 Å². The van der Waals surface area contributed by atoms with E-state index < -0.39 is 6.04 Å². The van der Waals surface area contributed by atoms with Crippen molar-refractivity contribution in [2.45, 2.75) is 44.7 Å². The van der Waals surface area contributed by atoms with E-state index in [0.717, 1.165) is 31.0 Å². The predicted octanol–water partition coefficient (Wildman–Crippen LogP) is 3.62. The number of furan rings is 1. The SMILES string of the molecule is COc1cc(-n2cnc(Nc3nc(N4CCC[C@H]4C(N)=O)nc4cc(CN5CCCCC5)oc34)c2)cc(OC)c1OC. The maximum absolute atomic E-state index is 12.2. The standard InChI is InChI=1S/C29H36N8O5/c1-39-22-12-18(13-23(40-2)26(22)41-3)36-16-24(31-17-36)33-28-25-20(14-19(42-25)15-35-9-5-4-6-10-35)32-29(34-28)37-11-7-8-21(37)27(30)38/h12-14,16-17,21H,4-11,15H2,1-3H3,(H2,30,38)(H,32,33,34)/t21-/m0/s1. The second kappa shape index (κ2) is 11.8. The third-order valence-electron chi connectivity index (χ3n) is 7.85. The molecule has 4 aromatic rings. The number of nitrogens with one attached hydrogen (secondary N) is 1. The van der Waals surface area contributed by atoms with Crippen LogP contribution in [0.25, 0.3) is 16.8 Å². The number of carbonyl (C=O) groups excluding carboxylic acids is 1. The van der Waals surface area contributed by atoms with E-state index in [1.165, 1.54) is 19.3 Å². The van der Waals surface area contributed by atoms with E-state index in [-0.39, 0.29) is 5.91 Å². The van der Waals surface area contributed by atoms with Crippen LogP contribution in [0.3, 0.4) is 0 Å². The highest BCUT2D eigenvalue weighted by molar-refractivity contribution is 5.88. The fraction of sp³-hybridized carbons (Fsp3) is 0.448. The summed E-state index contributed by atoms with van der Waals surface area (Å²) in [6.45, 7) is 3.44. The van der Waals surface area contributed by atoms with Crippen molar-refractivity contribution in [3.63, 3.8) is 0 Å². The highest BCUT2D eigenvalue weighted by Crippen LogP contribution is 2.39. The van der Waals surface area contributed by atoms with Gasteiger partial charge in [0.15, 0.2) is 22.9 Å².